The van der Waals surface area contributed by atoms with Crippen LogP contribution in [-0.2, 0) is 0 Å². The molecule has 0 spiro atoms. The van der Waals surface area contributed by atoms with Crippen LogP contribution in [-0.4, -0.2) is 10.1 Å². The first-order chi connectivity index (χ1) is 5.81. The van der Waals surface area contributed by atoms with Crippen molar-refractivity contribution in [1.29, 1.82) is 0 Å². The molecule has 0 amide bonds. The summed E-state index contributed by atoms with van der Waals surface area (Å²) in [6.07, 6.45) is 0. The fourth-order valence-electron chi connectivity index (χ4n) is 0.996. The Hall–Kier alpha value is -1.75. The Morgan fingerprint density at radius 3 is 3.00 bits per heavy atom. The number of aromatic nitrogens is 1. The Bertz CT molecular complexity index is 410. The van der Waals surface area contributed by atoms with E-state index < -0.39 is 0 Å². The highest BCUT2D eigenvalue weighted by Crippen LogP contribution is 2.25. The first-order valence-corrected chi connectivity index (χ1v) is 3.36. The molecule has 0 aliphatic rings. The molecule has 5 nitrogen and oxygen atoms in total. The number of fused-ring (bicyclic) bond motifs is 1. The van der Waals surface area contributed by atoms with E-state index in [0.29, 0.717) is 11.1 Å². The number of phenolic OH excluding ortho intramolecular Hbond substituents is 1. The lowest BCUT2D eigenvalue weighted by atomic mass is 10.3. The number of phenols is 1. The molecule has 12 heavy (non-hydrogen) atoms. The molecule has 0 saturated heterocycles. The van der Waals surface area contributed by atoms with Crippen molar-refractivity contribution in [2.45, 2.75) is 0 Å². The smallest absolute Gasteiger partial charge is 0.310 e. The van der Waals surface area contributed by atoms with Gasteiger partial charge in [0.15, 0.2) is 11.1 Å². The van der Waals surface area contributed by atoms with Crippen molar-refractivity contribution in [1.82, 2.24) is 4.98 Å². The van der Waals surface area contributed by atoms with Gasteiger partial charge in [-0.15, -0.1) is 0 Å². The lowest BCUT2D eigenvalue weighted by Crippen LogP contribution is -2.06. The highest BCUT2D eigenvalue weighted by atomic mass is 16.4. The van der Waals surface area contributed by atoms with E-state index in [9.17, 15) is 5.11 Å². The van der Waals surface area contributed by atoms with E-state index in [2.05, 4.69) is 10.4 Å². The third-order valence-corrected chi connectivity index (χ3v) is 1.52. The Morgan fingerprint density at radius 2 is 2.33 bits per heavy atom. The number of benzene rings is 1. The summed E-state index contributed by atoms with van der Waals surface area (Å²) in [7, 11) is 0. The first-order valence-electron chi connectivity index (χ1n) is 3.36. The lowest BCUT2D eigenvalue weighted by Gasteiger charge is -1.87. The van der Waals surface area contributed by atoms with Crippen molar-refractivity contribution < 1.29 is 9.52 Å². The second-order valence-corrected chi connectivity index (χ2v) is 2.29. The standard InChI is InChI=1S/C7H7N3O2/c8-10-7-9-6-4(11)2-1-3-5(6)12-7/h1-3,11H,8H2,(H,9,10). The summed E-state index contributed by atoms with van der Waals surface area (Å²) in [5.74, 6) is 5.16. The molecule has 0 atom stereocenters. The molecule has 0 aliphatic heterocycles. The van der Waals surface area contributed by atoms with Gasteiger partial charge < -0.3 is 9.52 Å². The van der Waals surface area contributed by atoms with Gasteiger partial charge in [-0.05, 0) is 12.1 Å². The van der Waals surface area contributed by atoms with Crippen molar-refractivity contribution in [2.24, 2.45) is 5.84 Å². The molecule has 0 bridgehead atoms. The van der Waals surface area contributed by atoms with Crippen molar-refractivity contribution in [2.75, 3.05) is 5.43 Å². The molecular formula is C7H7N3O2. The van der Waals surface area contributed by atoms with Gasteiger partial charge in [0.25, 0.3) is 0 Å². The van der Waals surface area contributed by atoms with Crippen LogP contribution in [0.15, 0.2) is 22.6 Å². The third kappa shape index (κ3) is 0.876. The minimum absolute atomic E-state index is 0.0813. The van der Waals surface area contributed by atoms with Crippen molar-refractivity contribution in [3.8, 4) is 5.75 Å². The predicted molar refractivity (Wildman–Crippen MR) is 43.5 cm³/mol. The van der Waals surface area contributed by atoms with E-state index in [1.54, 1.807) is 12.1 Å². The predicted octanol–water partition coefficient (Wildman–Crippen LogP) is 0.819. The first kappa shape index (κ1) is 6.93. The second-order valence-electron chi connectivity index (χ2n) is 2.29. The quantitative estimate of drug-likeness (QED) is 0.430. The van der Waals surface area contributed by atoms with Gasteiger partial charge in [-0.25, -0.2) is 5.84 Å². The topological polar surface area (TPSA) is 84.3 Å². The van der Waals surface area contributed by atoms with Gasteiger partial charge in [0.1, 0.15) is 5.75 Å². The minimum Gasteiger partial charge on any atom is -0.506 e. The molecule has 0 fully saturated rings. The molecule has 0 aliphatic carbocycles. The van der Waals surface area contributed by atoms with Gasteiger partial charge in [0.2, 0.25) is 0 Å². The zero-order valence-electron chi connectivity index (χ0n) is 6.11. The van der Waals surface area contributed by atoms with E-state index >= 15 is 0 Å². The molecule has 62 valence electrons. The summed E-state index contributed by atoms with van der Waals surface area (Å²) < 4.78 is 5.09. The minimum atomic E-state index is 0.0813. The fraction of sp³-hybridized carbons (Fsp3) is 0. The molecule has 1 aromatic carbocycles. The third-order valence-electron chi connectivity index (χ3n) is 1.52. The summed E-state index contributed by atoms with van der Waals surface area (Å²) in [5.41, 5.74) is 3.17. The van der Waals surface area contributed by atoms with Crippen LogP contribution >= 0.6 is 0 Å². The number of oxazole rings is 1. The molecule has 4 N–H and O–H groups in total. The van der Waals surface area contributed by atoms with E-state index in [4.69, 9.17) is 10.3 Å². The van der Waals surface area contributed by atoms with E-state index in [1.165, 1.54) is 6.07 Å². The number of aromatic hydroxyl groups is 1. The summed E-state index contributed by atoms with van der Waals surface area (Å²) >= 11 is 0. The van der Waals surface area contributed by atoms with Crippen LogP contribution < -0.4 is 11.3 Å². The molecule has 1 aromatic heterocycles. The Morgan fingerprint density at radius 1 is 1.50 bits per heavy atom. The van der Waals surface area contributed by atoms with Crippen molar-refractivity contribution in [3.05, 3.63) is 18.2 Å². The number of nitrogens with one attached hydrogen (secondary N) is 1. The molecule has 0 radical (unpaired) electrons. The Labute approximate surface area is 67.8 Å². The van der Waals surface area contributed by atoms with Crippen LogP contribution in [0.5, 0.6) is 5.75 Å². The SMILES string of the molecule is NNc1nc2c(O)cccc2o1. The molecule has 5 heteroatoms. The van der Waals surface area contributed by atoms with E-state index in [0.717, 1.165) is 0 Å². The van der Waals surface area contributed by atoms with Gasteiger partial charge in [-0.1, -0.05) is 6.07 Å². The van der Waals surface area contributed by atoms with Crippen LogP contribution in [0.3, 0.4) is 0 Å². The van der Waals surface area contributed by atoms with Gasteiger partial charge >= 0.3 is 6.01 Å². The number of hydrogen-bond acceptors (Lipinski definition) is 5. The molecule has 1 heterocycles. The summed E-state index contributed by atoms with van der Waals surface area (Å²) in [4.78, 5) is 3.88. The maximum atomic E-state index is 9.29. The number of anilines is 1. The van der Waals surface area contributed by atoms with Crippen molar-refractivity contribution >= 4 is 17.1 Å². The van der Waals surface area contributed by atoms with Crippen LogP contribution in [0.1, 0.15) is 0 Å². The van der Waals surface area contributed by atoms with Crippen LogP contribution in [0, 0.1) is 0 Å². The molecular weight excluding hydrogens is 158 g/mol. The van der Waals surface area contributed by atoms with Crippen molar-refractivity contribution in [3.63, 3.8) is 0 Å². The highest BCUT2D eigenvalue weighted by molar-refractivity contribution is 5.80. The van der Waals surface area contributed by atoms with Gasteiger partial charge in [0.05, 0.1) is 0 Å². The normalized spacial score (nSPS) is 10.4. The lowest BCUT2D eigenvalue weighted by molar-refractivity contribution is 0.480. The maximum absolute atomic E-state index is 9.29. The maximum Gasteiger partial charge on any atom is 0.310 e. The average Bonchev–Trinajstić information content (AvgIpc) is 2.49. The zero-order valence-corrected chi connectivity index (χ0v) is 6.11. The summed E-state index contributed by atoms with van der Waals surface area (Å²) in [5, 5.41) is 9.29. The van der Waals surface area contributed by atoms with E-state index in [1.807, 2.05) is 0 Å². The Kier molecular flexibility index (Phi) is 1.38. The van der Waals surface area contributed by atoms with Gasteiger partial charge in [-0.3, -0.25) is 5.43 Å². The fourth-order valence-corrected chi connectivity index (χ4v) is 0.996. The number of nitrogens with two attached hydrogens (primary N) is 1. The number of rotatable bonds is 1. The zero-order chi connectivity index (χ0) is 8.55. The molecule has 0 unspecified atom stereocenters. The summed E-state index contributed by atoms with van der Waals surface area (Å²) in [6, 6.07) is 5.09. The van der Waals surface area contributed by atoms with Crippen LogP contribution in [0.4, 0.5) is 6.01 Å². The monoisotopic (exact) mass is 165 g/mol. The summed E-state index contributed by atoms with van der Waals surface area (Å²) in [6.45, 7) is 0. The average molecular weight is 165 g/mol. The number of nitrogens with zero attached hydrogens (tertiary/aromatic N) is 1. The molecule has 2 rings (SSSR count). The van der Waals surface area contributed by atoms with Gasteiger partial charge in [0, 0.05) is 0 Å². The second kappa shape index (κ2) is 2.38. The van der Waals surface area contributed by atoms with Crippen LogP contribution in [0.25, 0.3) is 11.1 Å². The number of hydrazine groups is 1. The largest absolute Gasteiger partial charge is 0.506 e. The number of nitrogen functional groups attached to an aromatic ring is 1. The van der Waals surface area contributed by atoms with E-state index in [-0.39, 0.29) is 11.8 Å². The highest BCUT2D eigenvalue weighted by Gasteiger charge is 2.06. The molecule has 2 aromatic rings. The molecule has 0 saturated carbocycles. The van der Waals surface area contributed by atoms with Gasteiger partial charge in [-0.2, -0.15) is 4.98 Å². The Balaban J connectivity index is 2.74. The van der Waals surface area contributed by atoms with Crippen LogP contribution in [0.2, 0.25) is 0 Å². The number of para-hydroxylation sites is 1. The number of hydrogen-bond donors (Lipinski definition) is 3.